The number of nitrogen functional groups attached to an aromatic ring is 1. The minimum Gasteiger partial charge on any atom is -0.369 e. The summed E-state index contributed by atoms with van der Waals surface area (Å²) in [7, 11) is 0. The van der Waals surface area contributed by atoms with Crippen LogP contribution in [0.2, 0.25) is 0 Å². The third-order valence-corrected chi connectivity index (χ3v) is 6.46. The molecule has 0 unspecified atom stereocenters. The van der Waals surface area contributed by atoms with E-state index < -0.39 is 18.0 Å². The average molecular weight is 369 g/mol. The molecule has 1 saturated carbocycles. The van der Waals surface area contributed by atoms with Gasteiger partial charge in [0.05, 0.1) is 11.6 Å². The molecule has 1 aliphatic heterocycles. The molecule has 0 amide bonds. The molecule has 0 aromatic carbocycles. The van der Waals surface area contributed by atoms with E-state index in [2.05, 4.69) is 20.6 Å². The molecule has 3 aliphatic rings. The van der Waals surface area contributed by atoms with Crippen molar-refractivity contribution < 1.29 is 13.2 Å². The third-order valence-electron chi connectivity index (χ3n) is 6.46. The number of nitrogens with zero attached hydrogens (tertiary/aromatic N) is 2. The highest BCUT2D eigenvalue weighted by atomic mass is 19.4. The Morgan fingerprint density at radius 2 is 1.85 bits per heavy atom. The summed E-state index contributed by atoms with van der Waals surface area (Å²) in [6.45, 7) is 0.597. The van der Waals surface area contributed by atoms with Crippen LogP contribution in [0, 0.1) is 11.8 Å². The van der Waals surface area contributed by atoms with Crippen molar-refractivity contribution in [1.82, 2.24) is 15.3 Å². The number of anilines is 2. The Hall–Kier alpha value is -1.57. The second-order valence-corrected chi connectivity index (χ2v) is 8.05. The molecule has 2 aliphatic carbocycles. The van der Waals surface area contributed by atoms with Gasteiger partial charge in [-0.05, 0) is 32.1 Å². The molecule has 2 atom stereocenters. The molecule has 4 N–H and O–H groups in total. The van der Waals surface area contributed by atoms with Crippen LogP contribution in [0.1, 0.15) is 49.8 Å². The molecule has 1 saturated heterocycles. The molecule has 4 rings (SSSR count). The number of fused-ring (bicyclic) bond motifs is 2. The number of nitrogens with one attached hydrogen (secondary N) is 2. The number of hydrogen-bond acceptors (Lipinski definition) is 5. The van der Waals surface area contributed by atoms with Gasteiger partial charge in [0.1, 0.15) is 5.82 Å². The van der Waals surface area contributed by atoms with Gasteiger partial charge in [0.15, 0.2) is 0 Å². The normalized spacial score (nSPS) is 27.7. The lowest BCUT2D eigenvalue weighted by molar-refractivity contribution is -0.178. The van der Waals surface area contributed by atoms with Gasteiger partial charge in [-0.1, -0.05) is 12.8 Å². The summed E-state index contributed by atoms with van der Waals surface area (Å²) in [6.07, 6.45) is 3.54. The minimum absolute atomic E-state index is 0.0109. The van der Waals surface area contributed by atoms with E-state index in [1.807, 2.05) is 0 Å². The zero-order valence-corrected chi connectivity index (χ0v) is 14.8. The molecule has 1 spiro atoms. The zero-order chi connectivity index (χ0) is 18.4. The SMILES string of the molecule is Nc1nc(NC[C@H]2CNC[C@@H]2C(F)(F)F)c2c(n1)C1(CCCC1)CCC2. The summed E-state index contributed by atoms with van der Waals surface area (Å²) in [6, 6.07) is 0. The molecule has 1 aromatic rings. The van der Waals surface area contributed by atoms with Crippen molar-refractivity contribution in [3.05, 3.63) is 11.3 Å². The van der Waals surface area contributed by atoms with Crippen LogP contribution in [0.4, 0.5) is 24.9 Å². The molecule has 26 heavy (non-hydrogen) atoms. The Labute approximate surface area is 151 Å². The predicted molar refractivity (Wildman–Crippen MR) is 93.9 cm³/mol. The monoisotopic (exact) mass is 369 g/mol. The van der Waals surface area contributed by atoms with E-state index in [0.29, 0.717) is 12.4 Å². The summed E-state index contributed by atoms with van der Waals surface area (Å²) in [5, 5.41) is 6.05. The number of hydrogen-bond donors (Lipinski definition) is 3. The van der Waals surface area contributed by atoms with Crippen molar-refractivity contribution in [2.75, 3.05) is 30.7 Å². The Bertz CT molecular complexity index is 670. The molecular weight excluding hydrogens is 343 g/mol. The first-order valence-corrected chi connectivity index (χ1v) is 9.57. The lowest BCUT2D eigenvalue weighted by atomic mass is 9.72. The number of halogens is 3. The standard InChI is InChI=1S/C18H26F3N5/c19-18(20,21)13-10-23-8-11(13)9-24-15-12-4-3-7-17(5-1-2-6-17)14(12)25-16(22)26-15/h11,13,23H,1-10H2,(H3,22,24,25,26)/t11-,13+/m1/s1. The second kappa shape index (κ2) is 6.55. The lowest BCUT2D eigenvalue weighted by Crippen LogP contribution is -2.34. The average Bonchev–Trinajstić information content (AvgIpc) is 3.23. The van der Waals surface area contributed by atoms with Crippen LogP contribution in [0.25, 0.3) is 0 Å². The summed E-state index contributed by atoms with van der Waals surface area (Å²) in [5.41, 5.74) is 8.18. The summed E-state index contributed by atoms with van der Waals surface area (Å²) in [5.74, 6) is -0.945. The number of rotatable bonds is 3. The molecule has 1 aromatic heterocycles. The van der Waals surface area contributed by atoms with Gasteiger partial charge in [-0.3, -0.25) is 0 Å². The van der Waals surface area contributed by atoms with Crippen molar-refractivity contribution in [2.45, 2.75) is 56.5 Å². The van der Waals surface area contributed by atoms with Gasteiger partial charge in [-0.2, -0.15) is 18.2 Å². The van der Waals surface area contributed by atoms with Gasteiger partial charge in [0.2, 0.25) is 5.95 Å². The van der Waals surface area contributed by atoms with Crippen molar-refractivity contribution in [2.24, 2.45) is 11.8 Å². The Morgan fingerprint density at radius 3 is 2.58 bits per heavy atom. The largest absolute Gasteiger partial charge is 0.393 e. The zero-order valence-electron chi connectivity index (χ0n) is 14.8. The molecular formula is C18H26F3N5. The first kappa shape index (κ1) is 17.8. The van der Waals surface area contributed by atoms with Crippen molar-refractivity contribution in [1.29, 1.82) is 0 Å². The maximum Gasteiger partial charge on any atom is 0.393 e. The fourth-order valence-electron chi connectivity index (χ4n) is 5.14. The van der Waals surface area contributed by atoms with E-state index in [4.69, 9.17) is 5.73 Å². The number of nitrogens with two attached hydrogens (primary N) is 1. The highest BCUT2D eigenvalue weighted by Crippen LogP contribution is 2.49. The highest BCUT2D eigenvalue weighted by molar-refractivity contribution is 5.53. The van der Waals surface area contributed by atoms with E-state index in [1.165, 1.54) is 12.8 Å². The van der Waals surface area contributed by atoms with Gasteiger partial charge in [0, 0.05) is 36.5 Å². The van der Waals surface area contributed by atoms with E-state index in [1.54, 1.807) is 0 Å². The van der Waals surface area contributed by atoms with Crippen LogP contribution >= 0.6 is 0 Å². The molecule has 2 fully saturated rings. The van der Waals surface area contributed by atoms with Gasteiger partial charge in [-0.25, -0.2) is 4.98 Å². The van der Waals surface area contributed by atoms with Crippen molar-refractivity contribution >= 4 is 11.8 Å². The van der Waals surface area contributed by atoms with Crippen LogP contribution in [0.3, 0.4) is 0 Å². The summed E-state index contributed by atoms with van der Waals surface area (Å²) < 4.78 is 39.5. The molecule has 0 radical (unpaired) electrons. The van der Waals surface area contributed by atoms with E-state index in [-0.39, 0.29) is 24.5 Å². The van der Waals surface area contributed by atoms with E-state index >= 15 is 0 Å². The van der Waals surface area contributed by atoms with Crippen LogP contribution < -0.4 is 16.4 Å². The van der Waals surface area contributed by atoms with Crippen LogP contribution in [0.5, 0.6) is 0 Å². The lowest BCUT2D eigenvalue weighted by Gasteiger charge is -2.35. The number of aromatic nitrogens is 2. The molecule has 5 nitrogen and oxygen atoms in total. The van der Waals surface area contributed by atoms with Crippen molar-refractivity contribution in [3.63, 3.8) is 0 Å². The quantitative estimate of drug-likeness (QED) is 0.764. The maximum atomic E-state index is 13.2. The van der Waals surface area contributed by atoms with Crippen LogP contribution in [0.15, 0.2) is 0 Å². The van der Waals surface area contributed by atoms with Gasteiger partial charge >= 0.3 is 6.18 Å². The second-order valence-electron chi connectivity index (χ2n) is 8.05. The third kappa shape index (κ3) is 3.12. The first-order chi connectivity index (χ1) is 12.4. The van der Waals surface area contributed by atoms with E-state index in [9.17, 15) is 13.2 Å². The fraction of sp³-hybridized carbons (Fsp3) is 0.778. The molecule has 2 heterocycles. The summed E-state index contributed by atoms with van der Waals surface area (Å²) >= 11 is 0. The fourth-order valence-corrected chi connectivity index (χ4v) is 5.14. The Balaban J connectivity index is 1.57. The Morgan fingerprint density at radius 1 is 1.12 bits per heavy atom. The van der Waals surface area contributed by atoms with Crippen molar-refractivity contribution in [3.8, 4) is 0 Å². The first-order valence-electron chi connectivity index (χ1n) is 9.57. The topological polar surface area (TPSA) is 75.9 Å². The molecule has 8 heteroatoms. The van der Waals surface area contributed by atoms with Gasteiger partial charge in [-0.15, -0.1) is 0 Å². The van der Waals surface area contributed by atoms with Crippen LogP contribution in [-0.2, 0) is 11.8 Å². The minimum atomic E-state index is -4.17. The van der Waals surface area contributed by atoms with E-state index in [0.717, 1.165) is 43.4 Å². The number of alkyl halides is 3. The molecule has 144 valence electrons. The van der Waals surface area contributed by atoms with Gasteiger partial charge in [0.25, 0.3) is 0 Å². The van der Waals surface area contributed by atoms with Crippen LogP contribution in [-0.4, -0.2) is 35.8 Å². The van der Waals surface area contributed by atoms with Gasteiger partial charge < -0.3 is 16.4 Å². The Kier molecular flexibility index (Phi) is 4.49. The predicted octanol–water partition coefficient (Wildman–Crippen LogP) is 3.02. The summed E-state index contributed by atoms with van der Waals surface area (Å²) in [4.78, 5) is 8.92. The highest BCUT2D eigenvalue weighted by Gasteiger charge is 2.47. The maximum absolute atomic E-state index is 13.2. The smallest absolute Gasteiger partial charge is 0.369 e. The molecule has 0 bridgehead atoms.